The van der Waals surface area contributed by atoms with Gasteiger partial charge in [0.2, 0.25) is 0 Å². The Morgan fingerprint density at radius 1 is 1.45 bits per heavy atom. The van der Waals surface area contributed by atoms with Gasteiger partial charge in [-0.3, -0.25) is 0 Å². The van der Waals surface area contributed by atoms with E-state index in [2.05, 4.69) is 24.0 Å². The molecule has 3 nitrogen and oxygen atoms in total. The van der Waals surface area contributed by atoms with Gasteiger partial charge in [-0.15, -0.1) is 0 Å². The third kappa shape index (κ3) is 2.26. The van der Waals surface area contributed by atoms with E-state index < -0.39 is 0 Å². The van der Waals surface area contributed by atoms with Crippen LogP contribution in [0.25, 0.3) is 0 Å². The minimum atomic E-state index is 0.189. The smallest absolute Gasteiger partial charge is 0.0865 e. The van der Waals surface area contributed by atoms with Gasteiger partial charge in [0.1, 0.15) is 0 Å². The van der Waals surface area contributed by atoms with Crippen molar-refractivity contribution in [1.29, 1.82) is 0 Å². The molecule has 1 aliphatic heterocycles. The summed E-state index contributed by atoms with van der Waals surface area (Å²) in [7, 11) is 2.12. The first-order valence-corrected chi connectivity index (χ1v) is 4.14. The van der Waals surface area contributed by atoms with Gasteiger partial charge in [-0.2, -0.15) is 4.91 Å². The van der Waals surface area contributed by atoms with Crippen molar-refractivity contribution in [2.45, 2.75) is 19.8 Å². The van der Waals surface area contributed by atoms with Crippen molar-refractivity contribution >= 4 is 0 Å². The van der Waals surface area contributed by atoms with Crippen LogP contribution in [0.2, 0.25) is 0 Å². The van der Waals surface area contributed by atoms with Gasteiger partial charge >= 0.3 is 0 Å². The summed E-state index contributed by atoms with van der Waals surface area (Å²) in [4.78, 5) is 12.4. The van der Waals surface area contributed by atoms with Gasteiger partial charge in [-0.25, -0.2) is 0 Å². The number of rotatable bonds is 2. The number of nitrogens with zero attached hydrogens (tertiary/aromatic N) is 2. The largest absolute Gasteiger partial charge is 0.306 e. The van der Waals surface area contributed by atoms with Gasteiger partial charge in [0, 0.05) is 0 Å². The first-order chi connectivity index (χ1) is 5.16. The first-order valence-electron chi connectivity index (χ1n) is 4.14. The van der Waals surface area contributed by atoms with Gasteiger partial charge in [0.05, 0.1) is 6.54 Å². The Morgan fingerprint density at radius 3 is 2.45 bits per heavy atom. The summed E-state index contributed by atoms with van der Waals surface area (Å²) < 4.78 is 0. The average Bonchev–Trinajstić information content (AvgIpc) is 1.97. The molecule has 0 spiro atoms. The van der Waals surface area contributed by atoms with Crippen LogP contribution in [0.5, 0.6) is 0 Å². The topological polar surface area (TPSA) is 32.7 Å². The van der Waals surface area contributed by atoms with E-state index in [0.29, 0.717) is 6.54 Å². The van der Waals surface area contributed by atoms with Gasteiger partial charge < -0.3 is 4.90 Å². The third-order valence-corrected chi connectivity index (χ3v) is 2.64. The number of likely N-dealkylation sites (tertiary alicyclic amines) is 1. The Labute approximate surface area is 67.7 Å². The Balaban J connectivity index is 2.41. The summed E-state index contributed by atoms with van der Waals surface area (Å²) in [5, 5.41) is 2.99. The SMILES string of the molecule is CN1CCC(C)(CN=O)CC1. The molecule has 1 saturated heterocycles. The van der Waals surface area contributed by atoms with Crippen LogP contribution in [-0.4, -0.2) is 31.6 Å². The lowest BCUT2D eigenvalue weighted by molar-refractivity contribution is 0.147. The lowest BCUT2D eigenvalue weighted by atomic mass is 9.81. The van der Waals surface area contributed by atoms with Crippen LogP contribution in [0, 0.1) is 10.3 Å². The van der Waals surface area contributed by atoms with E-state index >= 15 is 0 Å². The fourth-order valence-electron chi connectivity index (χ4n) is 1.47. The molecule has 64 valence electrons. The first kappa shape index (κ1) is 8.65. The van der Waals surface area contributed by atoms with Crippen LogP contribution in [0.1, 0.15) is 19.8 Å². The summed E-state index contributed by atoms with van der Waals surface area (Å²) >= 11 is 0. The molecule has 0 aromatic carbocycles. The summed E-state index contributed by atoms with van der Waals surface area (Å²) in [6.07, 6.45) is 2.21. The van der Waals surface area contributed by atoms with E-state index in [0.717, 1.165) is 25.9 Å². The highest BCUT2D eigenvalue weighted by atomic mass is 16.3. The summed E-state index contributed by atoms with van der Waals surface area (Å²) in [6, 6.07) is 0. The minimum absolute atomic E-state index is 0.189. The lowest BCUT2D eigenvalue weighted by Crippen LogP contribution is -2.37. The predicted molar refractivity (Wildman–Crippen MR) is 45.5 cm³/mol. The molecule has 1 fully saturated rings. The number of nitroso groups, excluding NO2 is 1. The van der Waals surface area contributed by atoms with Crippen molar-refractivity contribution in [2.75, 3.05) is 26.7 Å². The molecule has 0 aliphatic carbocycles. The highest BCUT2D eigenvalue weighted by Gasteiger charge is 2.28. The number of piperidine rings is 1. The van der Waals surface area contributed by atoms with E-state index in [4.69, 9.17) is 0 Å². The fraction of sp³-hybridized carbons (Fsp3) is 1.00. The number of hydrogen-bond acceptors (Lipinski definition) is 3. The van der Waals surface area contributed by atoms with E-state index in [1.165, 1.54) is 0 Å². The van der Waals surface area contributed by atoms with Crippen molar-refractivity contribution in [3.8, 4) is 0 Å². The van der Waals surface area contributed by atoms with Crippen LogP contribution in [0.15, 0.2) is 5.18 Å². The van der Waals surface area contributed by atoms with Crippen molar-refractivity contribution < 1.29 is 0 Å². The molecule has 0 unspecified atom stereocenters. The molecule has 0 bridgehead atoms. The van der Waals surface area contributed by atoms with Crippen molar-refractivity contribution in [3.63, 3.8) is 0 Å². The zero-order valence-electron chi connectivity index (χ0n) is 7.34. The molecule has 1 aliphatic rings. The summed E-state index contributed by atoms with van der Waals surface area (Å²) in [5.74, 6) is 0. The molecule has 0 aromatic rings. The lowest BCUT2D eigenvalue weighted by Gasteiger charge is -2.35. The van der Waals surface area contributed by atoms with Gasteiger partial charge in [-0.05, 0) is 38.4 Å². The van der Waals surface area contributed by atoms with E-state index in [1.54, 1.807) is 0 Å². The van der Waals surface area contributed by atoms with Crippen LogP contribution < -0.4 is 0 Å². The zero-order chi connectivity index (χ0) is 8.32. The predicted octanol–water partition coefficient (Wildman–Crippen LogP) is 1.48. The summed E-state index contributed by atoms with van der Waals surface area (Å²) in [5.41, 5.74) is 0.189. The van der Waals surface area contributed by atoms with E-state index in [-0.39, 0.29) is 5.41 Å². The molecule has 11 heavy (non-hydrogen) atoms. The molecule has 0 N–H and O–H groups in total. The van der Waals surface area contributed by atoms with Gasteiger partial charge in [-0.1, -0.05) is 12.1 Å². The van der Waals surface area contributed by atoms with Crippen LogP contribution >= 0.6 is 0 Å². The van der Waals surface area contributed by atoms with E-state index in [9.17, 15) is 4.91 Å². The monoisotopic (exact) mass is 156 g/mol. The minimum Gasteiger partial charge on any atom is -0.306 e. The van der Waals surface area contributed by atoms with Crippen molar-refractivity contribution in [1.82, 2.24) is 4.90 Å². The second kappa shape index (κ2) is 3.30. The second-order valence-electron chi connectivity index (χ2n) is 3.90. The van der Waals surface area contributed by atoms with Gasteiger partial charge in [0.15, 0.2) is 0 Å². The maximum absolute atomic E-state index is 10.1. The Kier molecular flexibility index (Phi) is 2.60. The molecule has 3 heteroatoms. The Morgan fingerprint density at radius 2 is 2.00 bits per heavy atom. The van der Waals surface area contributed by atoms with Crippen LogP contribution in [-0.2, 0) is 0 Å². The Bertz CT molecular complexity index is 139. The van der Waals surface area contributed by atoms with E-state index in [1.807, 2.05) is 0 Å². The zero-order valence-corrected chi connectivity index (χ0v) is 7.34. The van der Waals surface area contributed by atoms with Crippen molar-refractivity contribution in [3.05, 3.63) is 4.91 Å². The fourth-order valence-corrected chi connectivity index (χ4v) is 1.47. The third-order valence-electron chi connectivity index (χ3n) is 2.64. The second-order valence-corrected chi connectivity index (χ2v) is 3.90. The average molecular weight is 156 g/mol. The maximum Gasteiger partial charge on any atom is 0.0865 e. The normalized spacial score (nSPS) is 24.9. The molecule has 0 radical (unpaired) electrons. The highest BCUT2D eigenvalue weighted by molar-refractivity contribution is 4.82. The quantitative estimate of drug-likeness (QED) is 0.567. The van der Waals surface area contributed by atoms with Crippen LogP contribution in [0.3, 0.4) is 0 Å². The highest BCUT2D eigenvalue weighted by Crippen LogP contribution is 2.30. The molecule has 0 saturated carbocycles. The van der Waals surface area contributed by atoms with Crippen LogP contribution in [0.4, 0.5) is 0 Å². The molecule has 0 aromatic heterocycles. The molecular formula is C8H16N2O. The maximum atomic E-state index is 10.1. The van der Waals surface area contributed by atoms with Crippen molar-refractivity contribution in [2.24, 2.45) is 10.6 Å². The van der Waals surface area contributed by atoms with Gasteiger partial charge in [0.25, 0.3) is 0 Å². The standard InChI is InChI=1S/C8H16N2O/c1-8(7-9-11)3-5-10(2)6-4-8/h3-7H2,1-2H3. The molecule has 0 amide bonds. The molecule has 1 heterocycles. The summed E-state index contributed by atoms with van der Waals surface area (Å²) in [6.45, 7) is 4.85. The molecule has 1 rings (SSSR count). The molecular weight excluding hydrogens is 140 g/mol. The molecule has 0 atom stereocenters. The Hall–Kier alpha value is -0.440. The number of hydrogen-bond donors (Lipinski definition) is 0.